The van der Waals surface area contributed by atoms with Gasteiger partial charge < -0.3 is 25.2 Å². The number of piperidine rings is 1. The van der Waals surface area contributed by atoms with E-state index < -0.39 is 0 Å². The Hall–Kier alpha value is -0.600. The van der Waals surface area contributed by atoms with Crippen LogP contribution in [0.3, 0.4) is 0 Å². The van der Waals surface area contributed by atoms with E-state index in [0.29, 0.717) is 26.3 Å². The lowest BCUT2D eigenvalue weighted by Gasteiger charge is -2.42. The third kappa shape index (κ3) is 4.93. The summed E-state index contributed by atoms with van der Waals surface area (Å²) >= 11 is 0. The minimum Gasteiger partial charge on any atom is -0.378 e. The van der Waals surface area contributed by atoms with Gasteiger partial charge in [-0.3, -0.25) is 9.59 Å². The summed E-state index contributed by atoms with van der Waals surface area (Å²) in [6.45, 7) is 5.29. The van der Waals surface area contributed by atoms with Gasteiger partial charge in [0, 0.05) is 38.8 Å². The third-order valence-corrected chi connectivity index (χ3v) is 4.49. The molecule has 134 valence electrons. The molecule has 3 rings (SSSR count). The number of likely N-dealkylation sites (tertiary alicyclic amines) is 1. The van der Waals surface area contributed by atoms with E-state index in [9.17, 15) is 9.59 Å². The Balaban J connectivity index is 0.00000132. The lowest BCUT2D eigenvalue weighted by molar-refractivity contribution is -0.143. The number of carbonyl (C=O) groups excluding carboxylic acids is 2. The topological polar surface area (TPSA) is 73.9 Å². The van der Waals surface area contributed by atoms with Crippen LogP contribution < -0.4 is 10.6 Å². The van der Waals surface area contributed by atoms with Crippen molar-refractivity contribution < 1.29 is 14.3 Å². The molecule has 9 heteroatoms. The smallest absolute Gasteiger partial charge is 0.242 e. The zero-order valence-electron chi connectivity index (χ0n) is 13.2. The summed E-state index contributed by atoms with van der Waals surface area (Å²) < 4.78 is 5.37. The molecule has 23 heavy (non-hydrogen) atoms. The number of piperazine rings is 1. The standard InChI is InChI=1S/C14H24N4O3.2ClH/c19-13-8-15-3-6-18(13)11-2-1-5-17(9-11)14(20)12-10-21-7-4-16-12;;/h11-12,15-16H,1-10H2;2*1H. The summed E-state index contributed by atoms with van der Waals surface area (Å²) in [6, 6.07) is -0.0574. The maximum atomic E-state index is 12.5. The largest absolute Gasteiger partial charge is 0.378 e. The van der Waals surface area contributed by atoms with Crippen LogP contribution in [0.15, 0.2) is 0 Å². The highest BCUT2D eigenvalue weighted by Gasteiger charge is 2.34. The van der Waals surface area contributed by atoms with Crippen LogP contribution in [0.25, 0.3) is 0 Å². The van der Waals surface area contributed by atoms with Crippen molar-refractivity contribution in [2.45, 2.75) is 24.9 Å². The molecule has 2 amide bonds. The van der Waals surface area contributed by atoms with E-state index >= 15 is 0 Å². The van der Waals surface area contributed by atoms with Crippen molar-refractivity contribution in [1.29, 1.82) is 0 Å². The number of ether oxygens (including phenoxy) is 1. The molecule has 3 fully saturated rings. The number of nitrogens with zero attached hydrogens (tertiary/aromatic N) is 2. The predicted molar refractivity (Wildman–Crippen MR) is 91.3 cm³/mol. The summed E-state index contributed by atoms with van der Waals surface area (Å²) in [5.74, 6) is 0.265. The van der Waals surface area contributed by atoms with Gasteiger partial charge >= 0.3 is 0 Å². The molecule has 3 heterocycles. The van der Waals surface area contributed by atoms with Crippen molar-refractivity contribution >= 4 is 36.6 Å². The average Bonchev–Trinajstić information content (AvgIpc) is 2.55. The molecule has 0 bridgehead atoms. The summed E-state index contributed by atoms with van der Waals surface area (Å²) in [4.78, 5) is 28.4. The Morgan fingerprint density at radius 1 is 1.22 bits per heavy atom. The van der Waals surface area contributed by atoms with Gasteiger partial charge in [-0.15, -0.1) is 24.8 Å². The Bertz CT molecular complexity index is 407. The zero-order chi connectivity index (χ0) is 14.7. The van der Waals surface area contributed by atoms with E-state index in [0.717, 1.165) is 39.0 Å². The van der Waals surface area contributed by atoms with Crippen LogP contribution >= 0.6 is 24.8 Å². The van der Waals surface area contributed by atoms with Crippen LogP contribution in [0, 0.1) is 0 Å². The van der Waals surface area contributed by atoms with Gasteiger partial charge in [-0.25, -0.2) is 0 Å². The van der Waals surface area contributed by atoms with Gasteiger partial charge in [0.05, 0.1) is 19.8 Å². The number of hydrogen-bond donors (Lipinski definition) is 2. The Labute approximate surface area is 149 Å². The highest BCUT2D eigenvalue weighted by Crippen LogP contribution is 2.18. The zero-order valence-corrected chi connectivity index (χ0v) is 14.8. The Kier molecular flexibility index (Phi) is 8.57. The highest BCUT2D eigenvalue weighted by atomic mass is 35.5. The van der Waals surface area contributed by atoms with Crippen LogP contribution in [-0.4, -0.2) is 86.2 Å². The van der Waals surface area contributed by atoms with Gasteiger partial charge in [-0.05, 0) is 12.8 Å². The molecule has 0 saturated carbocycles. The van der Waals surface area contributed by atoms with Crippen molar-refractivity contribution in [2.75, 3.05) is 52.5 Å². The molecule has 0 radical (unpaired) electrons. The van der Waals surface area contributed by atoms with Crippen molar-refractivity contribution in [3.63, 3.8) is 0 Å². The van der Waals surface area contributed by atoms with Gasteiger partial charge in [-0.2, -0.15) is 0 Å². The third-order valence-electron chi connectivity index (χ3n) is 4.49. The molecule has 0 aromatic carbocycles. The normalized spacial score (nSPS) is 28.6. The average molecular weight is 369 g/mol. The van der Waals surface area contributed by atoms with Gasteiger partial charge in [0.25, 0.3) is 0 Å². The minimum atomic E-state index is -0.226. The van der Waals surface area contributed by atoms with Gasteiger partial charge in [0.2, 0.25) is 11.8 Å². The first-order chi connectivity index (χ1) is 10.3. The number of amides is 2. The molecule has 3 aliphatic heterocycles. The van der Waals surface area contributed by atoms with E-state index in [-0.39, 0.29) is 48.7 Å². The van der Waals surface area contributed by atoms with Crippen molar-refractivity contribution in [3.8, 4) is 0 Å². The van der Waals surface area contributed by atoms with Crippen LogP contribution in [-0.2, 0) is 14.3 Å². The monoisotopic (exact) mass is 368 g/mol. The molecule has 0 aromatic heterocycles. The number of morpholine rings is 1. The van der Waals surface area contributed by atoms with Crippen molar-refractivity contribution in [2.24, 2.45) is 0 Å². The van der Waals surface area contributed by atoms with Crippen LogP contribution in [0.2, 0.25) is 0 Å². The SMILES string of the molecule is Cl.Cl.O=C(C1COCCN1)N1CCCC(N2CCNCC2=O)C1. The van der Waals surface area contributed by atoms with Crippen LogP contribution in [0.5, 0.6) is 0 Å². The fourth-order valence-electron chi connectivity index (χ4n) is 3.36. The van der Waals surface area contributed by atoms with E-state index in [1.54, 1.807) is 0 Å². The molecule has 0 aromatic rings. The molecular weight excluding hydrogens is 343 g/mol. The van der Waals surface area contributed by atoms with Crippen LogP contribution in [0.4, 0.5) is 0 Å². The molecular formula is C14H26Cl2N4O3. The van der Waals surface area contributed by atoms with Gasteiger partial charge in [0.15, 0.2) is 0 Å². The number of carbonyl (C=O) groups is 2. The quantitative estimate of drug-likeness (QED) is 0.670. The molecule has 0 spiro atoms. The second-order valence-electron chi connectivity index (χ2n) is 5.93. The molecule has 0 aliphatic carbocycles. The van der Waals surface area contributed by atoms with E-state index in [2.05, 4.69) is 10.6 Å². The molecule has 7 nitrogen and oxygen atoms in total. The molecule has 3 saturated heterocycles. The molecule has 3 aliphatic rings. The predicted octanol–water partition coefficient (Wildman–Crippen LogP) is -0.759. The lowest BCUT2D eigenvalue weighted by atomic mass is 10.0. The molecule has 2 atom stereocenters. The fraction of sp³-hybridized carbons (Fsp3) is 0.857. The maximum absolute atomic E-state index is 12.5. The summed E-state index contributed by atoms with van der Waals surface area (Å²) in [7, 11) is 0. The first-order valence-electron chi connectivity index (χ1n) is 7.86. The summed E-state index contributed by atoms with van der Waals surface area (Å²) in [5, 5.41) is 6.30. The fourth-order valence-corrected chi connectivity index (χ4v) is 3.36. The number of hydrogen-bond acceptors (Lipinski definition) is 5. The summed E-state index contributed by atoms with van der Waals surface area (Å²) in [6.07, 6.45) is 1.95. The van der Waals surface area contributed by atoms with E-state index in [1.165, 1.54) is 0 Å². The van der Waals surface area contributed by atoms with Crippen molar-refractivity contribution in [1.82, 2.24) is 20.4 Å². The van der Waals surface area contributed by atoms with Gasteiger partial charge in [0.1, 0.15) is 6.04 Å². The van der Waals surface area contributed by atoms with Gasteiger partial charge in [-0.1, -0.05) is 0 Å². The Morgan fingerprint density at radius 2 is 2.04 bits per heavy atom. The number of nitrogens with one attached hydrogen (secondary N) is 2. The lowest BCUT2D eigenvalue weighted by Crippen LogP contribution is -2.60. The second-order valence-corrected chi connectivity index (χ2v) is 5.93. The van der Waals surface area contributed by atoms with Crippen molar-refractivity contribution in [3.05, 3.63) is 0 Å². The summed E-state index contributed by atoms with van der Waals surface area (Å²) in [5.41, 5.74) is 0. The first kappa shape index (κ1) is 20.4. The van der Waals surface area contributed by atoms with E-state index in [1.807, 2.05) is 9.80 Å². The number of rotatable bonds is 2. The molecule has 2 unspecified atom stereocenters. The van der Waals surface area contributed by atoms with E-state index in [4.69, 9.17) is 4.74 Å². The number of halogens is 2. The maximum Gasteiger partial charge on any atom is 0.242 e. The highest BCUT2D eigenvalue weighted by molar-refractivity contribution is 5.85. The minimum absolute atomic E-state index is 0. The first-order valence-corrected chi connectivity index (χ1v) is 7.86. The molecule has 2 N–H and O–H groups in total. The second kappa shape index (κ2) is 9.64. The Morgan fingerprint density at radius 3 is 2.74 bits per heavy atom. The van der Waals surface area contributed by atoms with Crippen LogP contribution in [0.1, 0.15) is 12.8 Å².